The number of hydrogen-bond donors (Lipinski definition) is 0. The summed E-state index contributed by atoms with van der Waals surface area (Å²) in [6.07, 6.45) is 7.52. The van der Waals surface area contributed by atoms with E-state index < -0.39 is 5.54 Å². The molecule has 170 valence electrons. The molecule has 0 N–H and O–H groups in total. The molecule has 2 aromatic carbocycles. The summed E-state index contributed by atoms with van der Waals surface area (Å²) >= 11 is 0. The van der Waals surface area contributed by atoms with E-state index in [-0.39, 0.29) is 23.5 Å². The van der Waals surface area contributed by atoms with Gasteiger partial charge >= 0.3 is 0 Å². The lowest BCUT2D eigenvalue weighted by Gasteiger charge is -2.46. The number of nitrogens with zero attached hydrogens (tertiary/aromatic N) is 4. The van der Waals surface area contributed by atoms with Crippen molar-refractivity contribution < 1.29 is 14.0 Å². The number of aromatic nitrogens is 2. The van der Waals surface area contributed by atoms with E-state index >= 15 is 0 Å². The monoisotopic (exact) mass is 446 g/mol. The van der Waals surface area contributed by atoms with Crippen molar-refractivity contribution in [2.24, 2.45) is 0 Å². The van der Waals surface area contributed by atoms with E-state index in [0.29, 0.717) is 31.6 Å². The predicted molar refractivity (Wildman–Crippen MR) is 122 cm³/mol. The van der Waals surface area contributed by atoms with Crippen molar-refractivity contribution in [2.75, 3.05) is 20.1 Å². The van der Waals surface area contributed by atoms with Crippen LogP contribution >= 0.6 is 0 Å². The topological polar surface area (TPSA) is 58.4 Å². The quantitative estimate of drug-likeness (QED) is 0.614. The van der Waals surface area contributed by atoms with E-state index in [1.165, 1.54) is 12.1 Å². The third-order valence-electron chi connectivity index (χ3n) is 7.22. The van der Waals surface area contributed by atoms with Gasteiger partial charge in [0, 0.05) is 57.0 Å². The first-order chi connectivity index (χ1) is 16.0. The fourth-order valence-electron chi connectivity index (χ4n) is 5.46. The van der Waals surface area contributed by atoms with Gasteiger partial charge in [0.25, 0.3) is 5.91 Å². The number of likely N-dealkylation sites (N-methyl/N-ethyl adjacent to an activating group) is 1. The second-order valence-electron chi connectivity index (χ2n) is 9.14. The maximum Gasteiger partial charge on any atom is 0.253 e. The molecule has 7 heteroatoms. The summed E-state index contributed by atoms with van der Waals surface area (Å²) in [4.78, 5) is 34.1. The number of amides is 2. The lowest BCUT2D eigenvalue weighted by Crippen LogP contribution is -2.57. The number of benzene rings is 2. The molecule has 2 aliphatic rings. The van der Waals surface area contributed by atoms with E-state index in [9.17, 15) is 14.0 Å². The number of hydrogen-bond acceptors (Lipinski definition) is 3. The number of carbonyl (C=O) groups excluding carboxylic acids is 2. The number of imidazole rings is 1. The number of likely N-dealkylation sites (tertiary alicyclic amines) is 2. The lowest BCUT2D eigenvalue weighted by molar-refractivity contribution is -0.139. The van der Waals surface area contributed by atoms with Crippen LogP contribution in [0.2, 0.25) is 0 Å². The van der Waals surface area contributed by atoms with Gasteiger partial charge in [-0.15, -0.1) is 0 Å². The van der Waals surface area contributed by atoms with E-state index in [0.717, 1.165) is 24.0 Å². The third-order valence-corrected chi connectivity index (χ3v) is 7.22. The Balaban J connectivity index is 1.45. The summed E-state index contributed by atoms with van der Waals surface area (Å²) in [6, 6.07) is 14.2. The smallest absolute Gasteiger partial charge is 0.253 e. The zero-order valence-electron chi connectivity index (χ0n) is 18.7. The van der Waals surface area contributed by atoms with Crippen LogP contribution in [0.1, 0.15) is 46.7 Å². The van der Waals surface area contributed by atoms with Crippen molar-refractivity contribution >= 4 is 11.8 Å². The molecule has 0 aliphatic carbocycles. The Bertz CT molecular complexity index is 1160. The molecule has 0 radical (unpaired) electrons. The maximum atomic E-state index is 13.6. The van der Waals surface area contributed by atoms with Gasteiger partial charge in [0.2, 0.25) is 5.91 Å². The molecule has 1 spiro atoms. The molecule has 2 amide bonds. The van der Waals surface area contributed by atoms with Gasteiger partial charge in [-0.25, -0.2) is 9.37 Å². The Morgan fingerprint density at radius 3 is 2.79 bits per heavy atom. The molecule has 0 unspecified atom stereocenters. The second kappa shape index (κ2) is 8.46. The third kappa shape index (κ3) is 3.92. The van der Waals surface area contributed by atoms with Crippen LogP contribution in [0.15, 0.2) is 67.3 Å². The first kappa shape index (κ1) is 21.4. The van der Waals surface area contributed by atoms with Crippen molar-refractivity contribution in [1.29, 1.82) is 0 Å². The number of carbonyl (C=O) groups is 2. The molecule has 5 rings (SSSR count). The molecule has 33 heavy (non-hydrogen) atoms. The van der Waals surface area contributed by atoms with E-state index in [2.05, 4.69) is 4.98 Å². The van der Waals surface area contributed by atoms with Gasteiger partial charge in [0.15, 0.2) is 0 Å². The van der Waals surface area contributed by atoms with Gasteiger partial charge in [-0.1, -0.05) is 24.3 Å². The Morgan fingerprint density at radius 2 is 2.03 bits per heavy atom. The van der Waals surface area contributed by atoms with Crippen molar-refractivity contribution in [3.05, 3.63) is 89.8 Å². The predicted octanol–water partition coefficient (Wildman–Crippen LogP) is 3.69. The first-order valence-corrected chi connectivity index (χ1v) is 11.3. The van der Waals surface area contributed by atoms with Crippen molar-refractivity contribution in [3.8, 4) is 0 Å². The van der Waals surface area contributed by atoms with Crippen LogP contribution in [0.3, 0.4) is 0 Å². The summed E-state index contributed by atoms with van der Waals surface area (Å²) in [5.41, 5.74) is 2.14. The highest BCUT2D eigenvalue weighted by Gasteiger charge is 2.53. The average molecular weight is 447 g/mol. The number of piperidine rings is 1. The van der Waals surface area contributed by atoms with Gasteiger partial charge in [-0.05, 0) is 48.2 Å². The molecule has 3 heterocycles. The standard InChI is InChI=1S/C26H27FN4O2/c1-29-24(32)6-3-11-26(29)17-31(16-23(26)20-7-9-22(27)10-8-20)25(33)21-5-2-4-19(14-21)15-30-13-12-28-18-30/h2,4-5,7-10,12-14,18,23H,3,6,11,15-17H2,1H3/t23-,26+/m0/s1. The SMILES string of the molecule is CN1C(=O)CCC[C@]12CN(C(=O)c1cccc(Cn3ccnc3)c1)C[C@H]2c1ccc(F)cc1. The Morgan fingerprint density at radius 1 is 1.21 bits per heavy atom. The van der Waals surface area contributed by atoms with Gasteiger partial charge in [0.1, 0.15) is 5.82 Å². The number of halogens is 1. The van der Waals surface area contributed by atoms with Crippen molar-refractivity contribution in [2.45, 2.75) is 37.3 Å². The normalized spacial score (nSPS) is 22.8. The van der Waals surface area contributed by atoms with Crippen molar-refractivity contribution in [3.63, 3.8) is 0 Å². The molecular weight excluding hydrogens is 419 g/mol. The highest BCUT2D eigenvalue weighted by atomic mass is 19.1. The largest absolute Gasteiger partial charge is 0.338 e. The molecule has 0 saturated carbocycles. The lowest BCUT2D eigenvalue weighted by atomic mass is 9.75. The molecule has 2 aliphatic heterocycles. The van der Waals surface area contributed by atoms with Crippen LogP contribution in [0.25, 0.3) is 0 Å². The zero-order valence-corrected chi connectivity index (χ0v) is 18.7. The Labute approximate surface area is 192 Å². The van der Waals surface area contributed by atoms with Crippen molar-refractivity contribution in [1.82, 2.24) is 19.4 Å². The summed E-state index contributed by atoms with van der Waals surface area (Å²) in [7, 11) is 1.84. The average Bonchev–Trinajstić information content (AvgIpc) is 3.46. The summed E-state index contributed by atoms with van der Waals surface area (Å²) < 4.78 is 15.6. The molecular formula is C26H27FN4O2. The number of rotatable bonds is 4. The van der Waals surface area contributed by atoms with E-state index in [4.69, 9.17) is 0 Å². The van der Waals surface area contributed by atoms with Gasteiger partial charge < -0.3 is 14.4 Å². The zero-order chi connectivity index (χ0) is 23.0. The van der Waals surface area contributed by atoms with Crippen LogP contribution in [-0.2, 0) is 11.3 Å². The molecule has 1 aromatic heterocycles. The highest BCUT2D eigenvalue weighted by Crippen LogP contribution is 2.46. The molecule has 6 nitrogen and oxygen atoms in total. The van der Waals surface area contributed by atoms with E-state index in [1.54, 1.807) is 24.7 Å². The molecule has 2 saturated heterocycles. The molecule has 2 fully saturated rings. The molecule has 3 aromatic rings. The van der Waals surface area contributed by atoms with Crippen LogP contribution < -0.4 is 0 Å². The summed E-state index contributed by atoms with van der Waals surface area (Å²) in [5, 5.41) is 0. The van der Waals surface area contributed by atoms with Crippen LogP contribution in [0.5, 0.6) is 0 Å². The fraction of sp³-hybridized carbons (Fsp3) is 0.346. The van der Waals surface area contributed by atoms with Gasteiger partial charge in [0.05, 0.1) is 11.9 Å². The van der Waals surface area contributed by atoms with Gasteiger partial charge in [-0.3, -0.25) is 9.59 Å². The van der Waals surface area contributed by atoms with Crippen LogP contribution in [0, 0.1) is 5.82 Å². The Hall–Kier alpha value is -3.48. The molecule has 2 atom stereocenters. The van der Waals surface area contributed by atoms with E-state index in [1.807, 2.05) is 51.9 Å². The van der Waals surface area contributed by atoms with Crippen LogP contribution in [0.4, 0.5) is 4.39 Å². The highest BCUT2D eigenvalue weighted by molar-refractivity contribution is 5.95. The first-order valence-electron chi connectivity index (χ1n) is 11.3. The Kier molecular flexibility index (Phi) is 5.48. The second-order valence-corrected chi connectivity index (χ2v) is 9.14. The van der Waals surface area contributed by atoms with Crippen LogP contribution in [-0.4, -0.2) is 56.8 Å². The minimum Gasteiger partial charge on any atom is -0.338 e. The fourth-order valence-corrected chi connectivity index (χ4v) is 5.46. The minimum absolute atomic E-state index is 0.0436. The summed E-state index contributed by atoms with van der Waals surface area (Å²) in [5.74, 6) is -0.296. The molecule has 0 bridgehead atoms. The minimum atomic E-state index is -0.475. The van der Waals surface area contributed by atoms with Gasteiger partial charge in [-0.2, -0.15) is 0 Å². The maximum absolute atomic E-state index is 13.6. The summed E-state index contributed by atoms with van der Waals surface area (Å²) in [6.45, 7) is 1.61.